The molecule has 7 nitrogen and oxygen atoms in total. The number of rotatable bonds is 6. The Kier molecular flexibility index (Phi) is 6.60. The first-order valence-electron chi connectivity index (χ1n) is 11.5. The summed E-state index contributed by atoms with van der Waals surface area (Å²) >= 11 is 1.75. The Hall–Kier alpha value is -3.20. The largest absolute Gasteiger partial charge is 0.497 e. The van der Waals surface area contributed by atoms with Crippen LogP contribution in [0.1, 0.15) is 34.8 Å². The molecule has 1 unspecified atom stereocenters. The first kappa shape index (κ1) is 23.5. The third-order valence-electron chi connectivity index (χ3n) is 6.64. The average molecular weight is 508 g/mol. The van der Waals surface area contributed by atoms with Gasteiger partial charge in [-0.1, -0.05) is 6.07 Å². The van der Waals surface area contributed by atoms with Gasteiger partial charge < -0.3 is 10.1 Å². The van der Waals surface area contributed by atoms with Crippen molar-refractivity contribution in [3.63, 3.8) is 0 Å². The third-order valence-corrected chi connectivity index (χ3v) is 7.62. The molecule has 2 aliphatic rings. The van der Waals surface area contributed by atoms with Crippen molar-refractivity contribution >= 4 is 35.5 Å². The van der Waals surface area contributed by atoms with Crippen molar-refractivity contribution in [2.24, 2.45) is 0 Å². The zero-order chi connectivity index (χ0) is 23.1. The topological polar surface area (TPSA) is 83.1 Å². The summed E-state index contributed by atoms with van der Waals surface area (Å²) < 4.78 is 5.32. The Labute approximate surface area is 214 Å². The first-order chi connectivity index (χ1) is 16.7. The van der Waals surface area contributed by atoms with E-state index in [0.717, 1.165) is 41.4 Å². The van der Waals surface area contributed by atoms with Crippen LogP contribution in [0.4, 0.5) is 5.82 Å². The molecule has 3 aromatic heterocycles. The van der Waals surface area contributed by atoms with E-state index in [1.807, 2.05) is 36.5 Å². The van der Waals surface area contributed by atoms with Gasteiger partial charge >= 0.3 is 0 Å². The number of anilines is 1. The molecule has 1 saturated heterocycles. The molecule has 0 bridgehead atoms. The molecule has 1 atom stereocenters. The second kappa shape index (κ2) is 9.81. The average Bonchev–Trinajstić information content (AvgIpc) is 3.64. The van der Waals surface area contributed by atoms with E-state index in [-0.39, 0.29) is 24.2 Å². The molecular formula is C26H26ClN5O2S. The van der Waals surface area contributed by atoms with Gasteiger partial charge in [0.2, 0.25) is 5.91 Å². The van der Waals surface area contributed by atoms with E-state index in [9.17, 15) is 4.79 Å². The minimum Gasteiger partial charge on any atom is -0.497 e. The molecule has 1 fully saturated rings. The number of carbonyl (C=O) groups excluding carboxylic acids is 1. The Morgan fingerprint density at radius 1 is 1.17 bits per heavy atom. The predicted octanol–water partition coefficient (Wildman–Crippen LogP) is 5.16. The van der Waals surface area contributed by atoms with Crippen LogP contribution in [-0.2, 0) is 4.79 Å². The number of benzene rings is 1. The summed E-state index contributed by atoms with van der Waals surface area (Å²) in [5, 5.41) is 13.0. The van der Waals surface area contributed by atoms with Crippen LogP contribution in [0, 0.1) is 0 Å². The summed E-state index contributed by atoms with van der Waals surface area (Å²) in [6.45, 7) is 2.41. The van der Waals surface area contributed by atoms with Gasteiger partial charge in [0.05, 0.1) is 25.0 Å². The van der Waals surface area contributed by atoms with Crippen LogP contribution in [0.25, 0.3) is 22.5 Å². The van der Waals surface area contributed by atoms with E-state index < -0.39 is 0 Å². The molecule has 1 aliphatic heterocycles. The summed E-state index contributed by atoms with van der Waals surface area (Å²) in [7, 11) is 1.67. The number of amides is 1. The molecular weight excluding hydrogens is 482 g/mol. The lowest BCUT2D eigenvalue weighted by Gasteiger charge is -2.15. The standard InChI is InChI=1S/C26H25N5O2S.ClH/c1-33-18-7-4-16(5-8-18)24-23-22(26-19(10-13-34-26)25(23)30-29-24)17-6-9-20(27-14-17)28-21(32)15-31-11-2-3-12-31;/h4-10,13-14,22H,2-3,11-12,15H2,1H3,(H,29,30)(H,27,28,32);1H. The highest BCUT2D eigenvalue weighted by Gasteiger charge is 2.36. The highest BCUT2D eigenvalue weighted by molar-refractivity contribution is 7.10. The van der Waals surface area contributed by atoms with Crippen LogP contribution >= 0.6 is 23.7 Å². The van der Waals surface area contributed by atoms with Gasteiger partial charge in [-0.2, -0.15) is 5.10 Å². The number of fused-ring (bicyclic) bond motifs is 3. The summed E-state index contributed by atoms with van der Waals surface area (Å²) in [6.07, 6.45) is 4.21. The summed E-state index contributed by atoms with van der Waals surface area (Å²) in [6, 6.07) is 14.1. The summed E-state index contributed by atoms with van der Waals surface area (Å²) in [5.41, 5.74) is 6.48. The first-order valence-corrected chi connectivity index (χ1v) is 12.4. The number of hydrogen-bond donors (Lipinski definition) is 2. The lowest BCUT2D eigenvalue weighted by molar-refractivity contribution is -0.117. The number of pyridine rings is 1. The molecule has 35 heavy (non-hydrogen) atoms. The highest BCUT2D eigenvalue weighted by atomic mass is 35.5. The van der Waals surface area contributed by atoms with E-state index in [1.54, 1.807) is 18.4 Å². The number of methoxy groups -OCH3 is 1. The van der Waals surface area contributed by atoms with Crippen LogP contribution in [0.2, 0.25) is 0 Å². The van der Waals surface area contributed by atoms with Crippen LogP contribution in [-0.4, -0.2) is 52.7 Å². The van der Waals surface area contributed by atoms with Gasteiger partial charge in [0, 0.05) is 33.7 Å². The molecule has 180 valence electrons. The van der Waals surface area contributed by atoms with Crippen molar-refractivity contribution in [3.05, 3.63) is 70.0 Å². The fourth-order valence-electron chi connectivity index (χ4n) is 4.98. The minimum atomic E-state index is -0.0116. The number of nitrogens with zero attached hydrogens (tertiary/aromatic N) is 3. The third kappa shape index (κ3) is 4.33. The maximum absolute atomic E-state index is 12.4. The smallest absolute Gasteiger partial charge is 0.239 e. The second-order valence-electron chi connectivity index (χ2n) is 8.73. The van der Waals surface area contributed by atoms with Crippen LogP contribution < -0.4 is 10.1 Å². The molecule has 0 spiro atoms. The normalized spacial score (nSPS) is 16.4. The number of aromatic nitrogens is 3. The number of nitrogens with one attached hydrogen (secondary N) is 2. The van der Waals surface area contributed by atoms with Crippen molar-refractivity contribution in [2.45, 2.75) is 18.8 Å². The molecule has 2 N–H and O–H groups in total. The SMILES string of the molecule is COc1ccc(-c2n[nH]c3c2C(c2ccc(NC(=O)CN4CCCC4)nc2)c2sccc2-3)cc1.Cl. The van der Waals surface area contributed by atoms with E-state index in [4.69, 9.17) is 4.74 Å². The van der Waals surface area contributed by atoms with E-state index in [2.05, 4.69) is 42.9 Å². The molecule has 6 rings (SSSR count). The highest BCUT2D eigenvalue weighted by Crippen LogP contribution is 2.52. The van der Waals surface area contributed by atoms with Gasteiger partial charge in [0.25, 0.3) is 0 Å². The molecule has 1 aromatic carbocycles. The number of thiophene rings is 1. The number of ether oxygens (including phenoxy) is 1. The van der Waals surface area contributed by atoms with Crippen molar-refractivity contribution in [1.82, 2.24) is 20.1 Å². The van der Waals surface area contributed by atoms with Gasteiger partial charge in [-0.25, -0.2) is 4.98 Å². The number of aromatic amines is 1. The minimum absolute atomic E-state index is 0. The van der Waals surface area contributed by atoms with E-state index >= 15 is 0 Å². The van der Waals surface area contributed by atoms with Crippen molar-refractivity contribution in [3.8, 4) is 28.3 Å². The Morgan fingerprint density at radius 2 is 1.97 bits per heavy atom. The maximum Gasteiger partial charge on any atom is 0.239 e. The van der Waals surface area contributed by atoms with Crippen LogP contribution in [0.5, 0.6) is 5.75 Å². The number of H-pyrrole nitrogens is 1. The van der Waals surface area contributed by atoms with Crippen LogP contribution in [0.3, 0.4) is 0 Å². The molecule has 9 heteroatoms. The zero-order valence-electron chi connectivity index (χ0n) is 19.3. The van der Waals surface area contributed by atoms with Gasteiger partial charge in [-0.15, -0.1) is 23.7 Å². The Morgan fingerprint density at radius 3 is 2.69 bits per heavy atom. The monoisotopic (exact) mass is 507 g/mol. The van der Waals surface area contributed by atoms with Crippen molar-refractivity contribution in [2.75, 3.05) is 32.1 Å². The molecule has 0 saturated carbocycles. The summed E-state index contributed by atoms with van der Waals surface area (Å²) in [4.78, 5) is 20.5. The second-order valence-corrected chi connectivity index (χ2v) is 9.68. The lowest BCUT2D eigenvalue weighted by atomic mass is 9.92. The van der Waals surface area contributed by atoms with Gasteiger partial charge in [0.15, 0.2) is 0 Å². The fourth-order valence-corrected chi connectivity index (χ4v) is 6.02. The Bertz CT molecular complexity index is 1330. The predicted molar refractivity (Wildman–Crippen MR) is 141 cm³/mol. The van der Waals surface area contributed by atoms with Gasteiger partial charge in [-0.05, 0) is 73.3 Å². The Balaban J connectivity index is 0.00000253. The molecule has 4 aromatic rings. The van der Waals surface area contributed by atoms with Crippen molar-refractivity contribution < 1.29 is 9.53 Å². The molecule has 0 radical (unpaired) electrons. The van der Waals surface area contributed by atoms with Gasteiger partial charge in [0.1, 0.15) is 11.6 Å². The number of halogens is 1. The van der Waals surface area contributed by atoms with Gasteiger partial charge in [-0.3, -0.25) is 14.8 Å². The zero-order valence-corrected chi connectivity index (χ0v) is 20.9. The number of likely N-dealkylation sites (tertiary alicyclic amines) is 1. The maximum atomic E-state index is 12.4. The lowest BCUT2D eigenvalue weighted by Crippen LogP contribution is -2.31. The molecule has 4 heterocycles. The summed E-state index contributed by atoms with van der Waals surface area (Å²) in [5.74, 6) is 1.43. The quantitative estimate of drug-likeness (QED) is 0.332. The van der Waals surface area contributed by atoms with Crippen molar-refractivity contribution in [1.29, 1.82) is 0 Å². The molecule has 1 amide bonds. The van der Waals surface area contributed by atoms with E-state index in [0.29, 0.717) is 12.4 Å². The van der Waals surface area contributed by atoms with E-state index in [1.165, 1.54) is 28.8 Å². The fraction of sp³-hybridized carbons (Fsp3) is 0.269. The molecule has 1 aliphatic carbocycles. The number of carbonyl (C=O) groups is 1. The van der Waals surface area contributed by atoms with Crippen LogP contribution in [0.15, 0.2) is 54.0 Å². The number of hydrogen-bond acceptors (Lipinski definition) is 6.